The number of aliphatic hydroxyl groups is 1. The van der Waals surface area contributed by atoms with Crippen LogP contribution in [0.5, 0.6) is 0 Å². The molecule has 3 rings (SSSR count). The smallest absolute Gasteiger partial charge is 0.395 e. The Balaban J connectivity index is 2.04. The maximum absolute atomic E-state index is 13.0. The van der Waals surface area contributed by atoms with E-state index in [1.807, 2.05) is 19.9 Å². The lowest BCUT2D eigenvalue weighted by Gasteiger charge is -2.22. The van der Waals surface area contributed by atoms with E-state index in [2.05, 4.69) is 4.98 Å². The van der Waals surface area contributed by atoms with Crippen LogP contribution in [0.4, 0.5) is 13.2 Å². The Morgan fingerprint density at radius 1 is 1.10 bits per heavy atom. The third-order valence-corrected chi connectivity index (χ3v) is 6.96. The summed E-state index contributed by atoms with van der Waals surface area (Å²) in [6, 6.07) is 8.56. The summed E-state index contributed by atoms with van der Waals surface area (Å²) in [6.07, 6.45) is -4.71. The molecule has 0 fully saturated rings. The second kappa shape index (κ2) is 8.45. The Hall–Kier alpha value is -2.69. The van der Waals surface area contributed by atoms with E-state index in [0.29, 0.717) is 17.0 Å². The number of halogens is 3. The number of hydrogen-bond donors (Lipinski definition) is 2. The maximum atomic E-state index is 13.0. The molecular formula is C21H21F3N2O4S. The van der Waals surface area contributed by atoms with Crippen LogP contribution in [0.3, 0.4) is 0 Å². The molecule has 0 saturated heterocycles. The van der Waals surface area contributed by atoms with Gasteiger partial charge in [0.1, 0.15) is 0 Å². The molecule has 0 aliphatic carbocycles. The molecule has 3 aromatic rings. The van der Waals surface area contributed by atoms with Crippen LogP contribution in [0.2, 0.25) is 0 Å². The first-order valence-corrected chi connectivity index (χ1v) is 10.8. The highest BCUT2D eigenvalue weighted by Crippen LogP contribution is 2.31. The predicted molar refractivity (Wildman–Crippen MR) is 110 cm³/mol. The summed E-state index contributed by atoms with van der Waals surface area (Å²) in [7, 11) is -4.41. The molecule has 1 aromatic heterocycles. The molecule has 0 spiro atoms. The average molecular weight is 454 g/mol. The number of hydrogen-bond acceptors (Lipinski definition) is 4. The second-order valence-electron chi connectivity index (χ2n) is 7.18. The molecule has 10 heteroatoms. The Bertz CT molecular complexity index is 1280. The standard InChI is InChI=1S/C21H21F3N2O4S/c1-13-6-7-15-10-16(20(28)25-19(15)14(13)2)12-26(8-9-27)31(29,30)18-5-3-4-17(11-18)21(22,23)24/h3-7,10-11,27H,8-9,12H2,1-2H3,(H,25,28). The zero-order valence-corrected chi connectivity index (χ0v) is 17.6. The fourth-order valence-electron chi connectivity index (χ4n) is 3.26. The topological polar surface area (TPSA) is 90.5 Å². The van der Waals surface area contributed by atoms with Crippen LogP contribution in [0.25, 0.3) is 10.9 Å². The number of aromatic nitrogens is 1. The van der Waals surface area contributed by atoms with E-state index in [4.69, 9.17) is 0 Å². The fourth-order valence-corrected chi connectivity index (χ4v) is 4.71. The molecule has 166 valence electrons. The van der Waals surface area contributed by atoms with Crippen LogP contribution in [0, 0.1) is 13.8 Å². The summed E-state index contributed by atoms with van der Waals surface area (Å²) < 4.78 is 65.9. The van der Waals surface area contributed by atoms with E-state index in [-0.39, 0.29) is 12.1 Å². The predicted octanol–water partition coefficient (Wildman–Crippen LogP) is 3.35. The van der Waals surface area contributed by atoms with Gasteiger partial charge in [-0.2, -0.15) is 17.5 Å². The SMILES string of the molecule is Cc1ccc2cc(CN(CCO)S(=O)(=O)c3cccc(C(F)(F)F)c3)c(=O)[nH]c2c1C. The summed E-state index contributed by atoms with van der Waals surface area (Å²) in [5.41, 5.74) is 0.980. The number of aryl methyl sites for hydroxylation is 2. The molecule has 0 amide bonds. The number of rotatable bonds is 6. The summed E-state index contributed by atoms with van der Waals surface area (Å²) in [4.78, 5) is 14.8. The Morgan fingerprint density at radius 2 is 1.81 bits per heavy atom. The van der Waals surface area contributed by atoms with Crippen molar-refractivity contribution in [1.82, 2.24) is 9.29 Å². The number of nitrogens with one attached hydrogen (secondary N) is 1. The molecule has 0 atom stereocenters. The van der Waals surface area contributed by atoms with Crippen LogP contribution in [0.15, 0.2) is 52.2 Å². The van der Waals surface area contributed by atoms with Gasteiger partial charge in [-0.15, -0.1) is 0 Å². The molecule has 0 bridgehead atoms. The van der Waals surface area contributed by atoms with Crippen molar-refractivity contribution in [3.05, 3.63) is 75.1 Å². The van der Waals surface area contributed by atoms with Gasteiger partial charge in [-0.05, 0) is 54.6 Å². The number of aromatic amines is 1. The van der Waals surface area contributed by atoms with E-state index in [1.54, 1.807) is 12.1 Å². The van der Waals surface area contributed by atoms with Gasteiger partial charge >= 0.3 is 6.18 Å². The highest BCUT2D eigenvalue weighted by molar-refractivity contribution is 7.89. The van der Waals surface area contributed by atoms with Crippen LogP contribution in [-0.2, 0) is 22.7 Å². The number of pyridine rings is 1. The van der Waals surface area contributed by atoms with Gasteiger partial charge in [0, 0.05) is 18.7 Å². The third-order valence-electron chi connectivity index (χ3n) is 5.12. The minimum atomic E-state index is -4.71. The minimum Gasteiger partial charge on any atom is -0.395 e. The van der Waals surface area contributed by atoms with E-state index in [0.717, 1.165) is 33.6 Å². The van der Waals surface area contributed by atoms with Crippen LogP contribution in [-0.4, -0.2) is 36.0 Å². The van der Waals surface area contributed by atoms with Gasteiger partial charge in [0.15, 0.2) is 0 Å². The summed E-state index contributed by atoms with van der Waals surface area (Å²) in [5, 5.41) is 10.0. The van der Waals surface area contributed by atoms with E-state index in [9.17, 15) is 31.5 Å². The van der Waals surface area contributed by atoms with Gasteiger partial charge in [-0.25, -0.2) is 8.42 Å². The van der Waals surface area contributed by atoms with E-state index in [1.165, 1.54) is 0 Å². The molecule has 2 N–H and O–H groups in total. The van der Waals surface area contributed by atoms with Crippen molar-refractivity contribution in [3.63, 3.8) is 0 Å². The first-order valence-electron chi connectivity index (χ1n) is 9.35. The molecule has 0 aliphatic heterocycles. The Morgan fingerprint density at radius 3 is 2.45 bits per heavy atom. The molecule has 0 aliphatic rings. The molecular weight excluding hydrogens is 433 g/mol. The molecule has 1 heterocycles. The summed E-state index contributed by atoms with van der Waals surface area (Å²) >= 11 is 0. The van der Waals surface area contributed by atoms with Crippen molar-refractivity contribution in [2.24, 2.45) is 0 Å². The van der Waals surface area contributed by atoms with Crippen LogP contribution < -0.4 is 5.56 Å². The lowest BCUT2D eigenvalue weighted by molar-refractivity contribution is -0.137. The van der Waals surface area contributed by atoms with Crippen molar-refractivity contribution >= 4 is 20.9 Å². The monoisotopic (exact) mass is 454 g/mol. The quantitative estimate of drug-likeness (QED) is 0.598. The summed E-state index contributed by atoms with van der Waals surface area (Å²) in [6.45, 7) is 2.39. The van der Waals surface area contributed by atoms with Crippen molar-refractivity contribution in [3.8, 4) is 0 Å². The minimum absolute atomic E-state index is 0.111. The highest BCUT2D eigenvalue weighted by Gasteiger charge is 2.33. The largest absolute Gasteiger partial charge is 0.416 e. The maximum Gasteiger partial charge on any atom is 0.416 e. The second-order valence-corrected chi connectivity index (χ2v) is 9.12. The number of nitrogens with zero attached hydrogens (tertiary/aromatic N) is 1. The zero-order valence-electron chi connectivity index (χ0n) is 16.8. The van der Waals surface area contributed by atoms with E-state index < -0.39 is 45.4 Å². The van der Waals surface area contributed by atoms with Gasteiger partial charge in [0.25, 0.3) is 5.56 Å². The molecule has 31 heavy (non-hydrogen) atoms. The average Bonchev–Trinajstić information content (AvgIpc) is 2.71. The van der Waals surface area contributed by atoms with Gasteiger partial charge in [0.05, 0.1) is 22.6 Å². The van der Waals surface area contributed by atoms with Crippen LogP contribution in [0.1, 0.15) is 22.3 Å². The molecule has 0 radical (unpaired) electrons. The number of sulfonamides is 1. The normalized spacial score (nSPS) is 12.6. The number of benzene rings is 2. The van der Waals surface area contributed by atoms with Gasteiger partial charge in [-0.1, -0.05) is 18.2 Å². The van der Waals surface area contributed by atoms with Gasteiger partial charge in [0.2, 0.25) is 10.0 Å². The molecule has 0 saturated carbocycles. The van der Waals surface area contributed by atoms with Gasteiger partial charge in [-0.3, -0.25) is 4.79 Å². The van der Waals surface area contributed by atoms with Crippen molar-refractivity contribution in [1.29, 1.82) is 0 Å². The van der Waals surface area contributed by atoms with Crippen molar-refractivity contribution in [2.75, 3.05) is 13.2 Å². The van der Waals surface area contributed by atoms with E-state index >= 15 is 0 Å². The first kappa shape index (κ1) is 23.0. The molecule has 0 unspecified atom stereocenters. The first-order chi connectivity index (χ1) is 14.4. The number of fused-ring (bicyclic) bond motifs is 1. The summed E-state index contributed by atoms with van der Waals surface area (Å²) in [5.74, 6) is 0. The van der Waals surface area contributed by atoms with Crippen molar-refractivity contribution < 1.29 is 26.7 Å². The van der Waals surface area contributed by atoms with Gasteiger partial charge < -0.3 is 10.1 Å². The molecule has 6 nitrogen and oxygen atoms in total. The number of aliphatic hydroxyl groups excluding tert-OH is 1. The lowest BCUT2D eigenvalue weighted by Crippen LogP contribution is -2.35. The Labute approximate surface area is 177 Å². The molecule has 2 aromatic carbocycles. The fraction of sp³-hybridized carbons (Fsp3) is 0.286. The third kappa shape index (κ3) is 4.65. The van der Waals surface area contributed by atoms with Crippen LogP contribution >= 0.6 is 0 Å². The lowest BCUT2D eigenvalue weighted by atomic mass is 10.0. The highest BCUT2D eigenvalue weighted by atomic mass is 32.2. The zero-order chi connectivity index (χ0) is 23.0. The number of H-pyrrole nitrogens is 1. The Kier molecular flexibility index (Phi) is 6.26. The van der Waals surface area contributed by atoms with Crippen molar-refractivity contribution in [2.45, 2.75) is 31.5 Å². The number of alkyl halides is 3.